The molecule has 2 rings (SSSR count). The maximum Gasteiger partial charge on any atom is 0.193 e. The van der Waals surface area contributed by atoms with Gasteiger partial charge >= 0.3 is 0 Å². The lowest BCUT2D eigenvalue weighted by atomic mass is 10.1. The van der Waals surface area contributed by atoms with Crippen molar-refractivity contribution in [3.05, 3.63) is 35.4 Å². The Morgan fingerprint density at radius 2 is 2.17 bits per heavy atom. The average Bonchev–Trinajstić information content (AvgIpc) is 3.07. The summed E-state index contributed by atoms with van der Waals surface area (Å²) in [7, 11) is 3.91. The first-order valence-corrected chi connectivity index (χ1v) is 8.38. The minimum Gasteiger partial charge on any atom is -0.381 e. The van der Waals surface area contributed by atoms with Crippen molar-refractivity contribution >= 4 is 5.96 Å². The summed E-state index contributed by atoms with van der Waals surface area (Å²) in [4.78, 5) is 6.58. The van der Waals surface area contributed by atoms with Crippen molar-refractivity contribution < 1.29 is 9.47 Å². The molecule has 1 aromatic rings. The largest absolute Gasteiger partial charge is 0.381 e. The van der Waals surface area contributed by atoms with Gasteiger partial charge in [0.05, 0.1) is 13.2 Å². The Morgan fingerprint density at radius 1 is 1.39 bits per heavy atom. The second-order valence-electron chi connectivity index (χ2n) is 5.92. The van der Waals surface area contributed by atoms with Gasteiger partial charge in [-0.1, -0.05) is 24.3 Å². The smallest absolute Gasteiger partial charge is 0.193 e. The first kappa shape index (κ1) is 17.8. The Bertz CT molecular complexity index is 499. The zero-order valence-corrected chi connectivity index (χ0v) is 14.5. The van der Waals surface area contributed by atoms with Crippen molar-refractivity contribution in [2.75, 3.05) is 40.5 Å². The van der Waals surface area contributed by atoms with Crippen LogP contribution in [0, 0.1) is 5.92 Å². The molecular weight excluding hydrogens is 290 g/mol. The van der Waals surface area contributed by atoms with E-state index in [1.807, 2.05) is 14.0 Å². The van der Waals surface area contributed by atoms with Crippen molar-refractivity contribution in [2.24, 2.45) is 10.9 Å². The number of benzene rings is 1. The first-order chi connectivity index (χ1) is 11.2. The van der Waals surface area contributed by atoms with Crippen LogP contribution in [0.3, 0.4) is 0 Å². The second kappa shape index (κ2) is 9.53. The van der Waals surface area contributed by atoms with E-state index >= 15 is 0 Å². The van der Waals surface area contributed by atoms with Gasteiger partial charge in [0.15, 0.2) is 5.96 Å². The topological polar surface area (TPSA) is 46.1 Å². The molecule has 1 aromatic carbocycles. The lowest BCUT2D eigenvalue weighted by Crippen LogP contribution is -2.41. The Hall–Kier alpha value is -1.59. The van der Waals surface area contributed by atoms with E-state index in [-0.39, 0.29) is 0 Å². The molecule has 23 heavy (non-hydrogen) atoms. The zero-order chi connectivity index (χ0) is 16.5. The molecule has 0 saturated carbocycles. The summed E-state index contributed by atoms with van der Waals surface area (Å²) in [6.07, 6.45) is 1.14. The highest BCUT2D eigenvalue weighted by Crippen LogP contribution is 2.14. The third kappa shape index (κ3) is 5.52. The van der Waals surface area contributed by atoms with Crippen LogP contribution in [0.5, 0.6) is 0 Å². The fourth-order valence-corrected chi connectivity index (χ4v) is 2.84. The van der Waals surface area contributed by atoms with E-state index in [1.165, 1.54) is 11.1 Å². The highest BCUT2D eigenvalue weighted by Gasteiger charge is 2.19. The molecular formula is C18H29N3O2. The second-order valence-corrected chi connectivity index (χ2v) is 5.92. The van der Waals surface area contributed by atoms with Gasteiger partial charge in [-0.2, -0.15) is 0 Å². The number of aliphatic imine (C=N–C) groups is 1. The summed E-state index contributed by atoms with van der Waals surface area (Å²) >= 11 is 0. The normalized spacial score (nSPS) is 18.2. The summed E-state index contributed by atoms with van der Waals surface area (Å²) in [6, 6.07) is 8.38. The van der Waals surface area contributed by atoms with Crippen molar-refractivity contribution in [1.82, 2.24) is 10.2 Å². The van der Waals surface area contributed by atoms with E-state index in [1.54, 1.807) is 0 Å². The predicted molar refractivity (Wildman–Crippen MR) is 93.5 cm³/mol. The van der Waals surface area contributed by atoms with Gasteiger partial charge in [0.25, 0.3) is 0 Å². The molecule has 128 valence electrons. The third-order valence-corrected chi connectivity index (χ3v) is 4.15. The lowest BCUT2D eigenvalue weighted by molar-refractivity contribution is 0.133. The minimum atomic E-state index is 0.601. The van der Waals surface area contributed by atoms with E-state index in [4.69, 9.17) is 9.47 Å². The van der Waals surface area contributed by atoms with Crippen LogP contribution in [0.15, 0.2) is 29.3 Å². The molecule has 0 bridgehead atoms. The molecule has 1 atom stereocenters. The fourth-order valence-electron chi connectivity index (χ4n) is 2.84. The quantitative estimate of drug-likeness (QED) is 0.618. The highest BCUT2D eigenvalue weighted by atomic mass is 16.5. The molecule has 0 aromatic heterocycles. The van der Waals surface area contributed by atoms with E-state index in [0.29, 0.717) is 12.5 Å². The molecule has 0 radical (unpaired) electrons. The maximum atomic E-state index is 5.55. The van der Waals surface area contributed by atoms with Gasteiger partial charge in [0.1, 0.15) is 0 Å². The maximum absolute atomic E-state index is 5.55. The van der Waals surface area contributed by atoms with Crippen molar-refractivity contribution in [1.29, 1.82) is 0 Å². The Kier molecular flexibility index (Phi) is 7.36. The molecule has 1 heterocycles. The minimum absolute atomic E-state index is 0.601. The van der Waals surface area contributed by atoms with Crippen LogP contribution in [-0.4, -0.2) is 51.3 Å². The summed E-state index contributed by atoms with van der Waals surface area (Å²) in [5.41, 5.74) is 2.48. The van der Waals surface area contributed by atoms with Gasteiger partial charge in [-0.3, -0.25) is 4.99 Å². The molecule has 0 spiro atoms. The molecule has 1 aliphatic heterocycles. The van der Waals surface area contributed by atoms with Gasteiger partial charge < -0.3 is 19.7 Å². The predicted octanol–water partition coefficient (Wildman–Crippen LogP) is 2.27. The molecule has 5 nitrogen and oxygen atoms in total. The van der Waals surface area contributed by atoms with Crippen LogP contribution < -0.4 is 5.32 Å². The monoisotopic (exact) mass is 319 g/mol. The van der Waals surface area contributed by atoms with Crippen molar-refractivity contribution in [3.8, 4) is 0 Å². The zero-order valence-electron chi connectivity index (χ0n) is 14.5. The van der Waals surface area contributed by atoms with Gasteiger partial charge in [-0.05, 0) is 24.5 Å². The van der Waals surface area contributed by atoms with Gasteiger partial charge in [0, 0.05) is 46.3 Å². The summed E-state index contributed by atoms with van der Waals surface area (Å²) in [5, 5.41) is 3.46. The van der Waals surface area contributed by atoms with Crippen molar-refractivity contribution in [3.63, 3.8) is 0 Å². The van der Waals surface area contributed by atoms with Crippen LogP contribution >= 0.6 is 0 Å². The first-order valence-electron chi connectivity index (χ1n) is 8.38. The molecule has 1 saturated heterocycles. The van der Waals surface area contributed by atoms with E-state index in [9.17, 15) is 0 Å². The molecule has 1 unspecified atom stereocenters. The molecule has 1 N–H and O–H groups in total. The Labute approximate surface area is 139 Å². The Morgan fingerprint density at radius 3 is 2.83 bits per heavy atom. The van der Waals surface area contributed by atoms with Gasteiger partial charge in [0.2, 0.25) is 0 Å². The number of guanidine groups is 1. The van der Waals surface area contributed by atoms with Gasteiger partial charge in [-0.25, -0.2) is 0 Å². The van der Waals surface area contributed by atoms with Gasteiger partial charge in [-0.15, -0.1) is 0 Å². The molecule has 0 aliphatic carbocycles. The van der Waals surface area contributed by atoms with E-state index in [0.717, 1.165) is 45.3 Å². The number of hydrogen-bond acceptors (Lipinski definition) is 3. The number of nitrogens with one attached hydrogen (secondary N) is 1. The SMILES string of the molecule is CCOCc1ccccc1CNC(=NC)N(C)CC1CCOC1. The van der Waals surface area contributed by atoms with E-state index < -0.39 is 0 Å². The Balaban J connectivity index is 1.89. The van der Waals surface area contributed by atoms with Crippen molar-refractivity contribution in [2.45, 2.75) is 26.5 Å². The molecule has 1 aliphatic rings. The van der Waals surface area contributed by atoms with Crippen LogP contribution in [0.4, 0.5) is 0 Å². The molecule has 1 fully saturated rings. The molecule has 5 heteroatoms. The average molecular weight is 319 g/mol. The van der Waals surface area contributed by atoms with Crippen LogP contribution in [0.1, 0.15) is 24.5 Å². The number of nitrogens with zero attached hydrogens (tertiary/aromatic N) is 2. The fraction of sp³-hybridized carbons (Fsp3) is 0.611. The highest BCUT2D eigenvalue weighted by molar-refractivity contribution is 5.79. The lowest BCUT2D eigenvalue weighted by Gasteiger charge is -2.25. The standard InChI is InChI=1S/C18H29N3O2/c1-4-22-14-17-8-6-5-7-16(17)11-20-18(19-2)21(3)12-15-9-10-23-13-15/h5-8,15H,4,9-14H2,1-3H3,(H,19,20). The summed E-state index contributed by atoms with van der Waals surface area (Å²) in [6.45, 7) is 6.87. The molecule has 0 amide bonds. The summed E-state index contributed by atoms with van der Waals surface area (Å²) in [5.74, 6) is 1.52. The number of hydrogen-bond donors (Lipinski definition) is 1. The van der Waals surface area contributed by atoms with Crippen LogP contribution in [0.2, 0.25) is 0 Å². The summed E-state index contributed by atoms with van der Waals surface area (Å²) < 4.78 is 11.0. The number of ether oxygens (including phenoxy) is 2. The van der Waals surface area contributed by atoms with Crippen LogP contribution in [0.25, 0.3) is 0 Å². The number of rotatable bonds is 7. The third-order valence-electron chi connectivity index (χ3n) is 4.15. The van der Waals surface area contributed by atoms with E-state index in [2.05, 4.69) is 46.5 Å². The van der Waals surface area contributed by atoms with Crippen LogP contribution in [-0.2, 0) is 22.6 Å².